The van der Waals surface area contributed by atoms with Gasteiger partial charge in [-0.2, -0.15) is 0 Å². The fourth-order valence-corrected chi connectivity index (χ4v) is 2.12. The van der Waals surface area contributed by atoms with Crippen LogP contribution >= 0.6 is 11.3 Å². The Balaban J connectivity index is 1.95. The zero-order chi connectivity index (χ0) is 10.8. The molecule has 0 aliphatic rings. The lowest BCUT2D eigenvalue weighted by Crippen LogP contribution is -1.68. The molecule has 0 aliphatic carbocycles. The van der Waals surface area contributed by atoms with E-state index in [-0.39, 0.29) is 0 Å². The molecule has 0 amide bonds. The van der Waals surface area contributed by atoms with Gasteiger partial charge in [-0.1, -0.05) is 18.2 Å². The van der Waals surface area contributed by atoms with Gasteiger partial charge >= 0.3 is 0 Å². The van der Waals surface area contributed by atoms with Crippen LogP contribution in [0, 0.1) is 0 Å². The highest BCUT2D eigenvalue weighted by molar-refractivity contribution is 7.10. The third-order valence-corrected chi connectivity index (χ3v) is 3.08. The minimum Gasteiger partial charge on any atom is -0.437 e. The maximum absolute atomic E-state index is 5.57. The van der Waals surface area contributed by atoms with E-state index in [0.717, 1.165) is 11.1 Å². The van der Waals surface area contributed by atoms with Crippen molar-refractivity contribution in [3.63, 3.8) is 0 Å². The average molecular weight is 227 g/mol. The summed E-state index contributed by atoms with van der Waals surface area (Å²) in [4.78, 5) is 5.56. The molecule has 0 radical (unpaired) electrons. The van der Waals surface area contributed by atoms with E-state index in [9.17, 15) is 0 Å². The molecule has 0 bridgehead atoms. The second-order valence-corrected chi connectivity index (χ2v) is 4.35. The molecule has 3 heteroatoms. The molecule has 0 N–H and O–H groups in total. The van der Waals surface area contributed by atoms with Gasteiger partial charge in [0, 0.05) is 11.0 Å². The third-order valence-electron chi connectivity index (χ3n) is 2.24. The van der Waals surface area contributed by atoms with Crippen LogP contribution in [0.5, 0.6) is 0 Å². The fraction of sp³-hybridized carbons (Fsp3) is 0. The van der Waals surface area contributed by atoms with Gasteiger partial charge in [-0.3, -0.25) is 0 Å². The van der Waals surface area contributed by atoms with E-state index in [1.807, 2.05) is 47.9 Å². The summed E-state index contributed by atoms with van der Waals surface area (Å²) in [6.07, 6.45) is 3.90. The quantitative estimate of drug-likeness (QED) is 0.659. The number of fused-ring (bicyclic) bond motifs is 1. The van der Waals surface area contributed by atoms with E-state index >= 15 is 0 Å². The Morgan fingerprint density at radius 3 is 2.81 bits per heavy atom. The summed E-state index contributed by atoms with van der Waals surface area (Å²) in [6.45, 7) is 0. The molecule has 2 heterocycles. The van der Waals surface area contributed by atoms with Gasteiger partial charge in [0.1, 0.15) is 5.52 Å². The predicted octanol–water partition coefficient (Wildman–Crippen LogP) is 4.06. The minimum absolute atomic E-state index is 0.648. The van der Waals surface area contributed by atoms with Gasteiger partial charge in [0.05, 0.1) is 0 Å². The first-order chi connectivity index (χ1) is 7.92. The number of hydrogen-bond donors (Lipinski definition) is 0. The van der Waals surface area contributed by atoms with Crippen LogP contribution in [0.2, 0.25) is 0 Å². The lowest BCUT2D eigenvalue weighted by molar-refractivity contribution is 0.590. The van der Waals surface area contributed by atoms with Crippen LogP contribution in [-0.4, -0.2) is 4.98 Å². The molecule has 2 nitrogen and oxygen atoms in total. The molecule has 0 spiro atoms. The van der Waals surface area contributed by atoms with Crippen LogP contribution in [0.3, 0.4) is 0 Å². The molecule has 78 valence electrons. The van der Waals surface area contributed by atoms with E-state index in [1.165, 1.54) is 4.88 Å². The SMILES string of the molecule is C(=C\c1cccs1)/c1nc2ccccc2o1. The Labute approximate surface area is 96.9 Å². The molecule has 0 aliphatic heterocycles. The van der Waals surface area contributed by atoms with E-state index in [4.69, 9.17) is 4.42 Å². The lowest BCUT2D eigenvalue weighted by Gasteiger charge is -1.82. The zero-order valence-electron chi connectivity index (χ0n) is 8.46. The van der Waals surface area contributed by atoms with Crippen LogP contribution in [0.1, 0.15) is 10.8 Å². The second-order valence-electron chi connectivity index (χ2n) is 3.37. The normalized spacial score (nSPS) is 11.5. The molecular weight excluding hydrogens is 218 g/mol. The molecule has 3 aromatic rings. The standard InChI is InChI=1S/C13H9NOS/c1-2-6-12-11(5-1)14-13(15-12)8-7-10-4-3-9-16-10/h1-9H/b8-7+. The van der Waals surface area contributed by atoms with Crippen LogP contribution in [0.4, 0.5) is 0 Å². The summed E-state index contributed by atoms with van der Waals surface area (Å²) in [6, 6.07) is 11.9. The molecule has 16 heavy (non-hydrogen) atoms. The number of rotatable bonds is 2. The average Bonchev–Trinajstić information content (AvgIpc) is 2.95. The largest absolute Gasteiger partial charge is 0.437 e. The first-order valence-electron chi connectivity index (χ1n) is 4.99. The number of oxazole rings is 1. The van der Waals surface area contributed by atoms with Crippen molar-refractivity contribution in [1.82, 2.24) is 4.98 Å². The summed E-state index contributed by atoms with van der Waals surface area (Å²) in [5.74, 6) is 0.648. The van der Waals surface area contributed by atoms with Crippen molar-refractivity contribution in [2.24, 2.45) is 0 Å². The van der Waals surface area contributed by atoms with Gasteiger partial charge in [0.2, 0.25) is 5.89 Å². The zero-order valence-corrected chi connectivity index (χ0v) is 9.28. The summed E-state index contributed by atoms with van der Waals surface area (Å²) in [5, 5.41) is 2.05. The number of nitrogens with zero attached hydrogens (tertiary/aromatic N) is 1. The monoisotopic (exact) mass is 227 g/mol. The van der Waals surface area contributed by atoms with Gasteiger partial charge < -0.3 is 4.42 Å². The van der Waals surface area contributed by atoms with Crippen molar-refractivity contribution in [3.8, 4) is 0 Å². The van der Waals surface area contributed by atoms with E-state index in [2.05, 4.69) is 11.1 Å². The summed E-state index contributed by atoms with van der Waals surface area (Å²) >= 11 is 1.69. The molecule has 1 aromatic carbocycles. The number of thiophene rings is 1. The topological polar surface area (TPSA) is 26.0 Å². The predicted molar refractivity (Wildman–Crippen MR) is 67.3 cm³/mol. The van der Waals surface area contributed by atoms with Crippen molar-refractivity contribution in [2.45, 2.75) is 0 Å². The van der Waals surface area contributed by atoms with Gasteiger partial charge in [0.15, 0.2) is 5.58 Å². The molecule has 3 rings (SSSR count). The molecule has 0 unspecified atom stereocenters. The Kier molecular flexibility index (Phi) is 2.31. The minimum atomic E-state index is 0.648. The first-order valence-corrected chi connectivity index (χ1v) is 5.87. The number of hydrogen-bond acceptors (Lipinski definition) is 3. The van der Waals surface area contributed by atoms with Crippen molar-refractivity contribution < 1.29 is 4.42 Å². The Morgan fingerprint density at radius 1 is 1.06 bits per heavy atom. The molecule has 0 saturated heterocycles. The Bertz CT molecular complexity index is 589. The molecule has 2 aromatic heterocycles. The van der Waals surface area contributed by atoms with Gasteiger partial charge in [-0.25, -0.2) is 4.98 Å². The molecule has 0 saturated carbocycles. The smallest absolute Gasteiger partial charge is 0.220 e. The van der Waals surface area contributed by atoms with Gasteiger partial charge in [-0.15, -0.1) is 11.3 Å². The van der Waals surface area contributed by atoms with Crippen molar-refractivity contribution in [3.05, 3.63) is 52.5 Å². The molecule has 0 atom stereocenters. The highest BCUT2D eigenvalue weighted by Gasteiger charge is 2.00. The van der Waals surface area contributed by atoms with E-state index in [1.54, 1.807) is 11.3 Å². The van der Waals surface area contributed by atoms with Crippen LogP contribution in [0.15, 0.2) is 46.2 Å². The maximum Gasteiger partial charge on any atom is 0.220 e. The maximum atomic E-state index is 5.57. The number of aromatic nitrogens is 1. The van der Waals surface area contributed by atoms with E-state index in [0.29, 0.717) is 5.89 Å². The first kappa shape index (κ1) is 9.36. The highest BCUT2D eigenvalue weighted by atomic mass is 32.1. The summed E-state index contributed by atoms with van der Waals surface area (Å²) in [5.41, 5.74) is 1.72. The van der Waals surface area contributed by atoms with Crippen LogP contribution in [-0.2, 0) is 0 Å². The van der Waals surface area contributed by atoms with Crippen molar-refractivity contribution in [2.75, 3.05) is 0 Å². The van der Waals surface area contributed by atoms with E-state index < -0.39 is 0 Å². The summed E-state index contributed by atoms with van der Waals surface area (Å²) < 4.78 is 5.57. The number of para-hydroxylation sites is 2. The van der Waals surface area contributed by atoms with Crippen molar-refractivity contribution in [1.29, 1.82) is 0 Å². The Hall–Kier alpha value is -1.87. The van der Waals surface area contributed by atoms with Gasteiger partial charge in [0.25, 0.3) is 0 Å². The Morgan fingerprint density at radius 2 is 2.00 bits per heavy atom. The van der Waals surface area contributed by atoms with Crippen LogP contribution < -0.4 is 0 Å². The fourth-order valence-electron chi connectivity index (χ4n) is 1.50. The van der Waals surface area contributed by atoms with Crippen LogP contribution in [0.25, 0.3) is 23.3 Å². The molecule has 0 fully saturated rings. The molecular formula is C13H9NOS. The second kappa shape index (κ2) is 3.94. The van der Waals surface area contributed by atoms with Crippen molar-refractivity contribution >= 4 is 34.6 Å². The summed E-state index contributed by atoms with van der Waals surface area (Å²) in [7, 11) is 0. The lowest BCUT2D eigenvalue weighted by atomic mass is 10.3. The number of benzene rings is 1. The van der Waals surface area contributed by atoms with Gasteiger partial charge in [-0.05, 0) is 29.7 Å². The highest BCUT2D eigenvalue weighted by Crippen LogP contribution is 2.17. The third kappa shape index (κ3) is 1.77.